The smallest absolute Gasteiger partial charge is 0.325 e. The summed E-state index contributed by atoms with van der Waals surface area (Å²) >= 11 is 0.913. The van der Waals surface area contributed by atoms with Crippen LogP contribution >= 0.6 is 11.8 Å². The minimum Gasteiger partial charge on any atom is -0.325 e. The van der Waals surface area contributed by atoms with Crippen molar-refractivity contribution in [1.82, 2.24) is 5.32 Å². The fourth-order valence-corrected chi connectivity index (χ4v) is 4.37. The minimum atomic E-state index is -4.61. The standard InChI is InChI=1S/C24H22F3N3O2S/c1-14(2)15-7-9-16(10-8-15)17-11-21(31)30-23(18(17)12-28)33-13-22(32)29-20-6-4-3-5-19(20)24(25,26)27/h3-10,14,17H,11,13H2,1-2H3,(H,29,32)(H,30,31)/t17-/m0/s1. The zero-order valence-electron chi connectivity index (χ0n) is 18.0. The van der Waals surface area contributed by atoms with Crippen LogP contribution in [0.1, 0.15) is 48.8 Å². The minimum absolute atomic E-state index is 0.0964. The van der Waals surface area contributed by atoms with Crippen molar-refractivity contribution < 1.29 is 22.8 Å². The zero-order valence-corrected chi connectivity index (χ0v) is 18.8. The molecule has 9 heteroatoms. The molecule has 2 aromatic carbocycles. The van der Waals surface area contributed by atoms with Gasteiger partial charge < -0.3 is 10.6 Å². The second-order valence-corrected chi connectivity index (χ2v) is 8.85. The Morgan fingerprint density at radius 3 is 2.48 bits per heavy atom. The number of halogens is 3. The van der Waals surface area contributed by atoms with Gasteiger partial charge in [0, 0.05) is 12.3 Å². The summed E-state index contributed by atoms with van der Waals surface area (Å²) in [5, 5.41) is 14.9. The lowest BCUT2D eigenvalue weighted by Gasteiger charge is -2.25. The third-order valence-electron chi connectivity index (χ3n) is 5.22. The number of amides is 2. The van der Waals surface area contributed by atoms with Crippen molar-refractivity contribution in [2.75, 3.05) is 11.1 Å². The second kappa shape index (κ2) is 10.1. The lowest BCUT2D eigenvalue weighted by atomic mass is 9.86. The summed E-state index contributed by atoms with van der Waals surface area (Å²) in [4.78, 5) is 24.6. The molecule has 1 aliphatic rings. The van der Waals surface area contributed by atoms with Gasteiger partial charge in [-0.15, -0.1) is 0 Å². The predicted molar refractivity (Wildman–Crippen MR) is 121 cm³/mol. The van der Waals surface area contributed by atoms with Crippen LogP contribution in [-0.2, 0) is 15.8 Å². The first-order valence-corrected chi connectivity index (χ1v) is 11.2. The van der Waals surface area contributed by atoms with Crippen molar-refractivity contribution in [2.45, 2.75) is 38.3 Å². The van der Waals surface area contributed by atoms with Gasteiger partial charge in [-0.2, -0.15) is 18.4 Å². The summed E-state index contributed by atoms with van der Waals surface area (Å²) < 4.78 is 39.4. The maximum Gasteiger partial charge on any atom is 0.418 e. The number of rotatable bonds is 6. The van der Waals surface area contributed by atoms with Crippen LogP contribution in [0.3, 0.4) is 0 Å². The van der Waals surface area contributed by atoms with E-state index in [-0.39, 0.29) is 28.8 Å². The van der Waals surface area contributed by atoms with Crippen molar-refractivity contribution in [1.29, 1.82) is 5.26 Å². The highest BCUT2D eigenvalue weighted by molar-refractivity contribution is 8.03. The average molecular weight is 474 g/mol. The summed E-state index contributed by atoms with van der Waals surface area (Å²) in [5.41, 5.74) is 0.969. The first-order chi connectivity index (χ1) is 15.6. The molecule has 172 valence electrons. The molecule has 0 bridgehead atoms. The number of anilines is 1. The first kappa shape index (κ1) is 24.4. The molecule has 0 unspecified atom stereocenters. The molecule has 1 atom stereocenters. The van der Waals surface area contributed by atoms with Gasteiger partial charge in [-0.25, -0.2) is 0 Å². The van der Waals surface area contributed by atoms with Gasteiger partial charge in [0.15, 0.2) is 0 Å². The predicted octanol–water partition coefficient (Wildman–Crippen LogP) is 5.54. The van der Waals surface area contributed by atoms with E-state index < -0.39 is 23.6 Å². The number of carbonyl (C=O) groups is 2. The number of benzene rings is 2. The van der Waals surface area contributed by atoms with Crippen LogP contribution in [0.25, 0.3) is 0 Å². The molecule has 0 fully saturated rings. The Morgan fingerprint density at radius 1 is 1.21 bits per heavy atom. The van der Waals surface area contributed by atoms with E-state index in [0.717, 1.165) is 29.0 Å². The number of hydrogen-bond acceptors (Lipinski definition) is 4. The molecule has 0 aromatic heterocycles. The Bertz CT molecular complexity index is 1120. The lowest BCUT2D eigenvalue weighted by molar-refractivity contribution is -0.137. The quantitative estimate of drug-likeness (QED) is 0.577. The fourth-order valence-electron chi connectivity index (χ4n) is 3.49. The van der Waals surface area contributed by atoms with Gasteiger partial charge >= 0.3 is 6.18 Å². The molecule has 0 saturated carbocycles. The van der Waals surface area contributed by atoms with Crippen LogP contribution in [0.2, 0.25) is 0 Å². The van der Waals surface area contributed by atoms with E-state index >= 15 is 0 Å². The molecular weight excluding hydrogens is 451 g/mol. The summed E-state index contributed by atoms with van der Waals surface area (Å²) in [6.07, 6.45) is -4.51. The molecule has 0 spiro atoms. The molecule has 2 amide bonds. The topological polar surface area (TPSA) is 82.0 Å². The van der Waals surface area contributed by atoms with Gasteiger partial charge in [-0.3, -0.25) is 9.59 Å². The Balaban J connectivity index is 1.77. The van der Waals surface area contributed by atoms with Crippen molar-refractivity contribution in [2.24, 2.45) is 0 Å². The monoisotopic (exact) mass is 473 g/mol. The largest absolute Gasteiger partial charge is 0.418 e. The van der Waals surface area contributed by atoms with E-state index in [9.17, 15) is 28.0 Å². The zero-order chi connectivity index (χ0) is 24.2. The van der Waals surface area contributed by atoms with E-state index in [1.54, 1.807) is 0 Å². The van der Waals surface area contributed by atoms with Gasteiger partial charge in [0.05, 0.1) is 33.7 Å². The molecule has 5 nitrogen and oxygen atoms in total. The molecule has 2 N–H and O–H groups in total. The Labute approximate surface area is 194 Å². The summed E-state index contributed by atoms with van der Waals surface area (Å²) in [6.45, 7) is 4.13. The van der Waals surface area contributed by atoms with E-state index in [0.29, 0.717) is 11.5 Å². The van der Waals surface area contributed by atoms with Gasteiger partial charge in [-0.05, 0) is 29.2 Å². The number of carbonyl (C=O) groups excluding carboxylic acids is 2. The molecule has 1 aliphatic heterocycles. The Morgan fingerprint density at radius 2 is 1.88 bits per heavy atom. The van der Waals surface area contributed by atoms with E-state index in [2.05, 4.69) is 30.6 Å². The maximum atomic E-state index is 13.1. The highest BCUT2D eigenvalue weighted by atomic mass is 32.2. The Hall–Kier alpha value is -3.25. The van der Waals surface area contributed by atoms with E-state index in [4.69, 9.17) is 0 Å². The Kier molecular flexibility index (Phi) is 7.49. The van der Waals surface area contributed by atoms with Crippen molar-refractivity contribution >= 4 is 29.3 Å². The van der Waals surface area contributed by atoms with E-state index in [1.165, 1.54) is 18.2 Å². The van der Waals surface area contributed by atoms with Crippen molar-refractivity contribution in [3.8, 4) is 6.07 Å². The first-order valence-electron chi connectivity index (χ1n) is 10.2. The average Bonchev–Trinajstić information content (AvgIpc) is 2.77. The van der Waals surface area contributed by atoms with Crippen LogP contribution in [0, 0.1) is 11.3 Å². The molecule has 33 heavy (non-hydrogen) atoms. The van der Waals surface area contributed by atoms with Gasteiger partial charge in [-0.1, -0.05) is 62.0 Å². The number of para-hydroxylation sites is 1. The van der Waals surface area contributed by atoms with Crippen LogP contribution in [0.5, 0.6) is 0 Å². The molecule has 2 aromatic rings. The van der Waals surface area contributed by atoms with Gasteiger partial charge in [0.1, 0.15) is 0 Å². The normalized spacial score (nSPS) is 16.4. The molecule has 0 saturated heterocycles. The van der Waals surface area contributed by atoms with Crippen LogP contribution in [-0.4, -0.2) is 17.6 Å². The SMILES string of the molecule is CC(C)c1ccc([C@@H]2CC(=O)NC(SCC(=O)Nc3ccccc3C(F)(F)F)=C2C#N)cc1. The van der Waals surface area contributed by atoms with Gasteiger partial charge in [0.2, 0.25) is 11.8 Å². The van der Waals surface area contributed by atoms with Crippen LogP contribution in [0.4, 0.5) is 18.9 Å². The molecule has 1 heterocycles. The third-order valence-corrected chi connectivity index (χ3v) is 6.23. The van der Waals surface area contributed by atoms with Crippen LogP contribution in [0.15, 0.2) is 59.1 Å². The number of nitrogens with one attached hydrogen (secondary N) is 2. The fraction of sp³-hybridized carbons (Fsp3) is 0.292. The number of nitrogens with zero attached hydrogens (tertiary/aromatic N) is 1. The van der Waals surface area contributed by atoms with Gasteiger partial charge in [0.25, 0.3) is 0 Å². The highest BCUT2D eigenvalue weighted by Crippen LogP contribution is 2.37. The molecule has 0 aliphatic carbocycles. The summed E-state index contributed by atoms with van der Waals surface area (Å²) in [7, 11) is 0. The number of hydrogen-bond donors (Lipinski definition) is 2. The number of alkyl halides is 3. The maximum absolute atomic E-state index is 13.1. The van der Waals surface area contributed by atoms with Crippen molar-refractivity contribution in [3.05, 3.63) is 75.8 Å². The van der Waals surface area contributed by atoms with Crippen molar-refractivity contribution in [3.63, 3.8) is 0 Å². The van der Waals surface area contributed by atoms with E-state index in [1.807, 2.05) is 24.3 Å². The third kappa shape index (κ3) is 5.96. The number of nitriles is 1. The van der Waals surface area contributed by atoms with Crippen LogP contribution < -0.4 is 10.6 Å². The summed E-state index contributed by atoms with van der Waals surface area (Å²) in [5.74, 6) is -1.36. The number of allylic oxidation sites excluding steroid dienone is 1. The number of thioether (sulfide) groups is 1. The summed E-state index contributed by atoms with van der Waals surface area (Å²) in [6, 6.07) is 14.5. The molecule has 3 rings (SSSR count). The molecular formula is C24H22F3N3O2S. The molecule has 0 radical (unpaired) electrons. The second-order valence-electron chi connectivity index (χ2n) is 7.86. The highest BCUT2D eigenvalue weighted by Gasteiger charge is 2.34. The lowest BCUT2D eigenvalue weighted by Crippen LogP contribution is -2.31.